The number of carbonyl (C=O) groups excluding carboxylic acids is 2. The number of nitrogens with one attached hydrogen (secondary N) is 2. The van der Waals surface area contributed by atoms with Crippen LogP contribution in [0.1, 0.15) is 19.8 Å². The number of carbonyl (C=O) groups is 2. The Kier molecular flexibility index (Phi) is 4.43. The molecule has 2 unspecified atom stereocenters. The molecule has 2 N–H and O–H groups in total. The van der Waals surface area contributed by atoms with Gasteiger partial charge in [0.1, 0.15) is 0 Å². The van der Waals surface area contributed by atoms with Crippen LogP contribution in [0, 0.1) is 11.8 Å². The lowest BCUT2D eigenvalue weighted by molar-refractivity contribution is -0.125. The summed E-state index contributed by atoms with van der Waals surface area (Å²) >= 11 is 5.77. The predicted molar refractivity (Wildman–Crippen MR) is 75.0 cm³/mol. The molecular formula is C14H17ClN2O2. The molecule has 5 heteroatoms. The van der Waals surface area contributed by atoms with Crippen molar-refractivity contribution in [3.05, 3.63) is 29.3 Å². The molecule has 0 aromatic heterocycles. The summed E-state index contributed by atoms with van der Waals surface area (Å²) in [7, 11) is 0. The Morgan fingerprint density at radius 1 is 1.21 bits per heavy atom. The van der Waals surface area contributed by atoms with Crippen molar-refractivity contribution in [3.63, 3.8) is 0 Å². The van der Waals surface area contributed by atoms with Crippen LogP contribution in [0.5, 0.6) is 0 Å². The van der Waals surface area contributed by atoms with Gasteiger partial charge in [0.2, 0.25) is 11.8 Å². The van der Waals surface area contributed by atoms with Crippen LogP contribution in [0.4, 0.5) is 5.69 Å². The van der Waals surface area contributed by atoms with Gasteiger partial charge >= 0.3 is 0 Å². The Morgan fingerprint density at radius 3 is 2.47 bits per heavy atom. The molecule has 0 aliphatic heterocycles. The van der Waals surface area contributed by atoms with E-state index in [9.17, 15) is 9.59 Å². The monoisotopic (exact) mass is 280 g/mol. The normalized spacial score (nSPS) is 20.7. The van der Waals surface area contributed by atoms with Gasteiger partial charge in [0, 0.05) is 17.3 Å². The molecule has 1 aromatic rings. The summed E-state index contributed by atoms with van der Waals surface area (Å²) in [4.78, 5) is 23.6. The number of rotatable bonds is 5. The van der Waals surface area contributed by atoms with E-state index in [-0.39, 0.29) is 23.7 Å². The standard InChI is InChI=1S/C14H17ClN2O2/c1-2-7-16-13(18)11-8-12(11)14(19)17-10-5-3-9(15)4-6-10/h3-6,11-12H,2,7-8H2,1H3,(H,16,18)(H,17,19). The van der Waals surface area contributed by atoms with Crippen molar-refractivity contribution in [2.75, 3.05) is 11.9 Å². The van der Waals surface area contributed by atoms with E-state index in [1.807, 2.05) is 6.92 Å². The molecule has 2 amide bonds. The second-order valence-electron chi connectivity index (χ2n) is 4.74. The van der Waals surface area contributed by atoms with Crippen molar-refractivity contribution < 1.29 is 9.59 Å². The van der Waals surface area contributed by atoms with Gasteiger partial charge in [-0.3, -0.25) is 9.59 Å². The summed E-state index contributed by atoms with van der Waals surface area (Å²) in [5.74, 6) is -0.483. The smallest absolute Gasteiger partial charge is 0.228 e. The van der Waals surface area contributed by atoms with Crippen LogP contribution < -0.4 is 10.6 Å². The zero-order valence-corrected chi connectivity index (χ0v) is 11.5. The largest absolute Gasteiger partial charge is 0.356 e. The second kappa shape index (κ2) is 6.06. The van der Waals surface area contributed by atoms with E-state index in [2.05, 4.69) is 10.6 Å². The fraction of sp³-hybridized carbons (Fsp3) is 0.429. The molecule has 1 aliphatic rings. The lowest BCUT2D eigenvalue weighted by Gasteiger charge is -2.05. The van der Waals surface area contributed by atoms with Crippen molar-refractivity contribution in [2.24, 2.45) is 11.8 Å². The molecule has 1 saturated carbocycles. The number of anilines is 1. The first-order chi connectivity index (χ1) is 9.11. The number of amides is 2. The topological polar surface area (TPSA) is 58.2 Å². The highest BCUT2D eigenvalue weighted by Gasteiger charge is 2.47. The Balaban J connectivity index is 1.82. The third kappa shape index (κ3) is 3.70. The molecule has 2 rings (SSSR count). The van der Waals surface area contributed by atoms with E-state index in [4.69, 9.17) is 11.6 Å². The van der Waals surface area contributed by atoms with Gasteiger partial charge in [-0.15, -0.1) is 0 Å². The van der Waals surface area contributed by atoms with Crippen LogP contribution in [0.15, 0.2) is 24.3 Å². The Hall–Kier alpha value is -1.55. The first kappa shape index (κ1) is 13.9. The van der Waals surface area contributed by atoms with Gasteiger partial charge in [-0.1, -0.05) is 18.5 Å². The lowest BCUT2D eigenvalue weighted by Crippen LogP contribution is -2.27. The van der Waals surface area contributed by atoms with Crippen LogP contribution in [0.3, 0.4) is 0 Å². The Morgan fingerprint density at radius 2 is 1.84 bits per heavy atom. The van der Waals surface area contributed by atoms with Crippen molar-refractivity contribution in [1.82, 2.24) is 5.32 Å². The average molecular weight is 281 g/mol. The van der Waals surface area contributed by atoms with Gasteiger partial charge < -0.3 is 10.6 Å². The highest BCUT2D eigenvalue weighted by atomic mass is 35.5. The van der Waals surface area contributed by atoms with Crippen LogP contribution in [-0.2, 0) is 9.59 Å². The van der Waals surface area contributed by atoms with Crippen LogP contribution in [0.2, 0.25) is 5.02 Å². The molecule has 4 nitrogen and oxygen atoms in total. The third-order valence-corrected chi connectivity index (χ3v) is 3.38. The molecule has 1 aromatic carbocycles. The summed E-state index contributed by atoms with van der Waals surface area (Å²) in [5.41, 5.74) is 0.703. The quantitative estimate of drug-likeness (QED) is 0.870. The molecule has 0 spiro atoms. The summed E-state index contributed by atoms with van der Waals surface area (Å²) in [5, 5.41) is 6.23. The van der Waals surface area contributed by atoms with E-state index in [1.165, 1.54) is 0 Å². The number of benzene rings is 1. The predicted octanol–water partition coefficient (Wildman–Crippen LogP) is 2.44. The minimum atomic E-state index is -0.201. The van der Waals surface area contributed by atoms with Gasteiger partial charge in [-0.05, 0) is 37.1 Å². The minimum Gasteiger partial charge on any atom is -0.356 e. The van der Waals surface area contributed by atoms with Gasteiger partial charge in [-0.2, -0.15) is 0 Å². The zero-order chi connectivity index (χ0) is 13.8. The average Bonchev–Trinajstić information content (AvgIpc) is 3.19. The van der Waals surface area contributed by atoms with Crippen molar-refractivity contribution in [3.8, 4) is 0 Å². The van der Waals surface area contributed by atoms with E-state index in [0.717, 1.165) is 6.42 Å². The van der Waals surface area contributed by atoms with Crippen LogP contribution in [-0.4, -0.2) is 18.4 Å². The Labute approximate surface area is 117 Å². The second-order valence-corrected chi connectivity index (χ2v) is 5.17. The Bertz CT molecular complexity index is 473. The lowest BCUT2D eigenvalue weighted by atomic mass is 10.2. The summed E-state index contributed by atoms with van der Waals surface area (Å²) in [6.07, 6.45) is 1.54. The van der Waals surface area contributed by atoms with Crippen LogP contribution >= 0.6 is 11.6 Å². The van der Waals surface area contributed by atoms with Gasteiger partial charge in [0.15, 0.2) is 0 Å². The highest BCUT2D eigenvalue weighted by Crippen LogP contribution is 2.39. The minimum absolute atomic E-state index is 0.0156. The molecule has 102 valence electrons. The maximum Gasteiger partial charge on any atom is 0.228 e. The fourth-order valence-corrected chi connectivity index (χ4v) is 2.05. The molecular weight excluding hydrogens is 264 g/mol. The summed E-state index contributed by atoms with van der Waals surface area (Å²) in [6.45, 7) is 2.67. The van der Waals surface area contributed by atoms with E-state index >= 15 is 0 Å². The molecule has 0 heterocycles. The van der Waals surface area contributed by atoms with E-state index in [0.29, 0.717) is 23.7 Å². The van der Waals surface area contributed by atoms with Crippen LogP contribution in [0.25, 0.3) is 0 Å². The first-order valence-electron chi connectivity index (χ1n) is 6.46. The molecule has 19 heavy (non-hydrogen) atoms. The maximum absolute atomic E-state index is 11.9. The highest BCUT2D eigenvalue weighted by molar-refractivity contribution is 6.30. The van der Waals surface area contributed by atoms with Crippen molar-refractivity contribution >= 4 is 29.1 Å². The molecule has 2 atom stereocenters. The van der Waals surface area contributed by atoms with Crippen molar-refractivity contribution in [2.45, 2.75) is 19.8 Å². The fourth-order valence-electron chi connectivity index (χ4n) is 1.92. The third-order valence-electron chi connectivity index (χ3n) is 3.12. The van der Waals surface area contributed by atoms with Gasteiger partial charge in [0.05, 0.1) is 11.8 Å². The number of hydrogen-bond acceptors (Lipinski definition) is 2. The van der Waals surface area contributed by atoms with Gasteiger partial charge in [-0.25, -0.2) is 0 Å². The van der Waals surface area contributed by atoms with E-state index in [1.54, 1.807) is 24.3 Å². The number of halogens is 1. The zero-order valence-electron chi connectivity index (χ0n) is 10.8. The molecule has 1 fully saturated rings. The number of hydrogen-bond donors (Lipinski definition) is 2. The molecule has 0 bridgehead atoms. The summed E-state index contributed by atoms with van der Waals surface area (Å²) < 4.78 is 0. The maximum atomic E-state index is 11.9. The SMILES string of the molecule is CCCNC(=O)C1CC1C(=O)Nc1ccc(Cl)cc1. The summed E-state index contributed by atoms with van der Waals surface area (Å²) in [6, 6.07) is 6.93. The van der Waals surface area contributed by atoms with Crippen molar-refractivity contribution in [1.29, 1.82) is 0 Å². The molecule has 0 radical (unpaired) electrons. The van der Waals surface area contributed by atoms with Gasteiger partial charge in [0.25, 0.3) is 0 Å². The van der Waals surface area contributed by atoms with E-state index < -0.39 is 0 Å². The molecule has 1 aliphatic carbocycles. The first-order valence-corrected chi connectivity index (χ1v) is 6.83. The molecule has 0 saturated heterocycles.